The van der Waals surface area contributed by atoms with Crippen LogP contribution in [0.3, 0.4) is 0 Å². The number of carbonyl (C=O) groups is 1. The third-order valence-corrected chi connectivity index (χ3v) is 6.31. The first-order valence-electron chi connectivity index (χ1n) is 12.8. The van der Waals surface area contributed by atoms with Crippen molar-refractivity contribution >= 4 is 5.97 Å². The van der Waals surface area contributed by atoms with E-state index in [0.29, 0.717) is 12.3 Å². The third-order valence-electron chi connectivity index (χ3n) is 6.31. The van der Waals surface area contributed by atoms with Crippen LogP contribution >= 0.6 is 0 Å². The van der Waals surface area contributed by atoms with Crippen LogP contribution in [0.5, 0.6) is 0 Å². The highest BCUT2D eigenvalue weighted by Crippen LogP contribution is 2.22. The fourth-order valence-corrected chi connectivity index (χ4v) is 3.91. The van der Waals surface area contributed by atoms with Crippen LogP contribution in [0.2, 0.25) is 0 Å². The van der Waals surface area contributed by atoms with E-state index < -0.39 is 43.3 Å². The number of aliphatic hydroxyl groups excluding tert-OH is 6. The highest BCUT2D eigenvalue weighted by Gasteiger charge is 2.35. The van der Waals surface area contributed by atoms with Gasteiger partial charge in [-0.05, 0) is 37.5 Å². The summed E-state index contributed by atoms with van der Waals surface area (Å²) >= 11 is 0. The molecule has 0 radical (unpaired) electrons. The van der Waals surface area contributed by atoms with Crippen molar-refractivity contribution in [3.8, 4) is 0 Å². The predicted molar refractivity (Wildman–Crippen MR) is 132 cm³/mol. The molecule has 0 bridgehead atoms. The molecule has 0 saturated carbocycles. The van der Waals surface area contributed by atoms with Crippen LogP contribution in [0.4, 0.5) is 0 Å². The lowest BCUT2D eigenvalue weighted by atomic mass is 9.91. The molecule has 8 nitrogen and oxygen atoms in total. The van der Waals surface area contributed by atoms with Crippen molar-refractivity contribution in [1.29, 1.82) is 0 Å². The fraction of sp³-hybridized carbons (Fsp3) is 0.885. The van der Waals surface area contributed by atoms with E-state index >= 15 is 0 Å². The average Bonchev–Trinajstić information content (AvgIpc) is 2.76. The Morgan fingerprint density at radius 3 is 1.76 bits per heavy atom. The average molecular weight is 491 g/mol. The maximum atomic E-state index is 12.0. The van der Waals surface area contributed by atoms with Gasteiger partial charge >= 0.3 is 5.97 Å². The van der Waals surface area contributed by atoms with Gasteiger partial charge in [0.25, 0.3) is 0 Å². The van der Waals surface area contributed by atoms with Crippen molar-refractivity contribution in [2.75, 3.05) is 6.61 Å². The Morgan fingerprint density at radius 2 is 1.26 bits per heavy atom. The number of hydrogen-bond donors (Lipinski definition) is 6. The van der Waals surface area contributed by atoms with E-state index in [1.165, 1.54) is 44.6 Å². The SMILES string of the molecule is C/C(=C\C(=O)OC(O)[C@H](O)[C@@H](O)[C@H](O)[C@H](O)CO)CCC[C@H](C)CCC[C@H](C)CCCC(C)C. The minimum absolute atomic E-state index is 0.613. The highest BCUT2D eigenvalue weighted by molar-refractivity contribution is 5.82. The van der Waals surface area contributed by atoms with Gasteiger partial charge in [-0.15, -0.1) is 0 Å². The molecule has 6 N–H and O–H groups in total. The molecule has 0 fully saturated rings. The van der Waals surface area contributed by atoms with Crippen LogP contribution in [0.1, 0.15) is 92.4 Å². The predicted octanol–water partition coefficient (Wildman–Crippen LogP) is 2.67. The minimum Gasteiger partial charge on any atom is -0.430 e. The van der Waals surface area contributed by atoms with Gasteiger partial charge in [-0.25, -0.2) is 4.79 Å². The van der Waals surface area contributed by atoms with Gasteiger partial charge in [-0.2, -0.15) is 0 Å². The Morgan fingerprint density at radius 1 is 0.765 bits per heavy atom. The second kappa shape index (κ2) is 18.3. The Kier molecular flexibility index (Phi) is 17.7. The van der Waals surface area contributed by atoms with E-state index in [1.807, 2.05) is 0 Å². The zero-order valence-corrected chi connectivity index (χ0v) is 21.8. The normalized spacial score (nSPS) is 18.8. The van der Waals surface area contributed by atoms with E-state index in [0.717, 1.165) is 30.3 Å². The van der Waals surface area contributed by atoms with Gasteiger partial charge in [0.15, 0.2) is 0 Å². The molecule has 8 heteroatoms. The summed E-state index contributed by atoms with van der Waals surface area (Å²) in [6.45, 7) is 10.1. The van der Waals surface area contributed by atoms with E-state index in [-0.39, 0.29) is 0 Å². The summed E-state index contributed by atoms with van der Waals surface area (Å²) in [7, 11) is 0. The van der Waals surface area contributed by atoms with Gasteiger partial charge in [-0.3, -0.25) is 0 Å². The number of carbonyl (C=O) groups excluding carboxylic acids is 1. The molecule has 0 aromatic heterocycles. The topological polar surface area (TPSA) is 148 Å². The van der Waals surface area contributed by atoms with Gasteiger partial charge in [0.1, 0.15) is 24.4 Å². The molecule has 1 unspecified atom stereocenters. The van der Waals surface area contributed by atoms with Crippen molar-refractivity contribution in [3.63, 3.8) is 0 Å². The maximum Gasteiger partial charge on any atom is 0.333 e. The van der Waals surface area contributed by atoms with Gasteiger partial charge < -0.3 is 35.4 Å². The molecule has 0 aliphatic rings. The van der Waals surface area contributed by atoms with Crippen molar-refractivity contribution in [2.24, 2.45) is 17.8 Å². The monoisotopic (exact) mass is 490 g/mol. The van der Waals surface area contributed by atoms with E-state index in [4.69, 9.17) is 5.11 Å². The van der Waals surface area contributed by atoms with Gasteiger partial charge in [0.05, 0.1) is 6.61 Å². The lowest BCUT2D eigenvalue weighted by molar-refractivity contribution is -0.210. The molecule has 0 aliphatic heterocycles. The Labute approximate surface area is 205 Å². The zero-order valence-electron chi connectivity index (χ0n) is 21.8. The first-order valence-corrected chi connectivity index (χ1v) is 12.8. The minimum atomic E-state index is -2.10. The van der Waals surface area contributed by atoms with Gasteiger partial charge in [-0.1, -0.05) is 78.2 Å². The molecule has 0 spiro atoms. The molecule has 0 heterocycles. The maximum absolute atomic E-state index is 12.0. The summed E-state index contributed by atoms with van der Waals surface area (Å²) in [4.78, 5) is 12.0. The summed E-state index contributed by atoms with van der Waals surface area (Å²) in [5.41, 5.74) is 0.772. The summed E-state index contributed by atoms with van der Waals surface area (Å²) in [5, 5.41) is 57.0. The first-order chi connectivity index (χ1) is 15.9. The first kappa shape index (κ1) is 33.0. The van der Waals surface area contributed by atoms with Crippen LogP contribution < -0.4 is 0 Å². The molecule has 202 valence electrons. The van der Waals surface area contributed by atoms with E-state index in [2.05, 4.69) is 32.4 Å². The van der Waals surface area contributed by atoms with E-state index in [9.17, 15) is 30.3 Å². The van der Waals surface area contributed by atoms with Crippen molar-refractivity contribution in [2.45, 2.75) is 123 Å². The molecule has 0 aromatic carbocycles. The summed E-state index contributed by atoms with van der Waals surface area (Å²) < 4.78 is 4.69. The Balaban J connectivity index is 4.20. The number of esters is 1. The van der Waals surface area contributed by atoms with E-state index in [1.54, 1.807) is 6.92 Å². The molecule has 0 amide bonds. The Bertz CT molecular complexity index is 565. The molecular formula is C26H50O8. The van der Waals surface area contributed by atoms with Crippen LogP contribution in [-0.4, -0.2) is 73.9 Å². The molecule has 0 aromatic rings. The Hall–Kier alpha value is -1.03. The molecule has 34 heavy (non-hydrogen) atoms. The quantitative estimate of drug-likeness (QED) is 0.0920. The number of hydrogen-bond acceptors (Lipinski definition) is 8. The van der Waals surface area contributed by atoms with Gasteiger partial charge in [0.2, 0.25) is 6.29 Å². The lowest BCUT2D eigenvalue weighted by Gasteiger charge is -2.27. The van der Waals surface area contributed by atoms with Crippen LogP contribution in [-0.2, 0) is 9.53 Å². The molecule has 0 saturated heterocycles. The largest absolute Gasteiger partial charge is 0.430 e. The second-order valence-corrected chi connectivity index (χ2v) is 10.4. The standard InChI is InChI=1S/C26H50O8/c1-17(2)9-6-10-18(3)11-7-12-19(4)13-8-14-20(5)15-22(29)34-26(33)25(32)24(31)23(30)21(28)16-27/h15,17-19,21,23-28,30-33H,6-14,16H2,1-5H3/b20-15+/t18-,19-,21-,23-,24+,25-,26?/m1/s1. The van der Waals surface area contributed by atoms with Crippen LogP contribution in [0, 0.1) is 17.8 Å². The second-order valence-electron chi connectivity index (χ2n) is 10.4. The molecule has 0 aliphatic carbocycles. The van der Waals surface area contributed by atoms with Crippen LogP contribution in [0.15, 0.2) is 11.6 Å². The lowest BCUT2D eigenvalue weighted by Crippen LogP contribution is -2.50. The number of aliphatic hydroxyl groups is 6. The summed E-state index contributed by atoms with van der Waals surface area (Å²) in [6.07, 6.45) is 1.75. The fourth-order valence-electron chi connectivity index (χ4n) is 3.91. The third kappa shape index (κ3) is 15.1. The zero-order chi connectivity index (χ0) is 26.3. The molecular weight excluding hydrogens is 440 g/mol. The summed E-state index contributed by atoms with van der Waals surface area (Å²) in [5.74, 6) is 1.29. The van der Waals surface area contributed by atoms with Crippen molar-refractivity contribution in [3.05, 3.63) is 11.6 Å². The van der Waals surface area contributed by atoms with Crippen molar-refractivity contribution < 1.29 is 40.2 Å². The highest BCUT2D eigenvalue weighted by atomic mass is 16.6. The molecule has 7 atom stereocenters. The number of ether oxygens (including phenoxy) is 1. The number of rotatable bonds is 19. The van der Waals surface area contributed by atoms with Gasteiger partial charge in [0, 0.05) is 6.08 Å². The van der Waals surface area contributed by atoms with Crippen LogP contribution in [0.25, 0.3) is 0 Å². The number of allylic oxidation sites excluding steroid dienone is 1. The smallest absolute Gasteiger partial charge is 0.333 e. The van der Waals surface area contributed by atoms with Crippen molar-refractivity contribution in [1.82, 2.24) is 0 Å². The summed E-state index contributed by atoms with van der Waals surface area (Å²) in [6, 6.07) is 0. The molecule has 0 rings (SSSR count).